The van der Waals surface area contributed by atoms with Gasteiger partial charge in [-0.3, -0.25) is 5.01 Å². The summed E-state index contributed by atoms with van der Waals surface area (Å²) in [5.41, 5.74) is 4.40. The molecule has 0 bridgehead atoms. The summed E-state index contributed by atoms with van der Waals surface area (Å²) in [7, 11) is 1.92. The lowest BCUT2D eigenvalue weighted by atomic mass is 10.4. The van der Waals surface area contributed by atoms with Gasteiger partial charge < -0.3 is 0 Å². The molecule has 1 aliphatic rings. The van der Waals surface area contributed by atoms with Gasteiger partial charge in [-0.1, -0.05) is 11.8 Å². The van der Waals surface area contributed by atoms with Crippen molar-refractivity contribution in [3.05, 3.63) is 22.2 Å². The Morgan fingerprint density at radius 1 is 1.60 bits per heavy atom. The van der Waals surface area contributed by atoms with E-state index in [1.165, 1.54) is 10.6 Å². The smallest absolute Gasteiger partial charge is 0.0929 e. The first kappa shape index (κ1) is 7.69. The van der Waals surface area contributed by atoms with Crippen LogP contribution in [0.1, 0.15) is 13.8 Å². The molecule has 56 valence electrons. The molecule has 1 rings (SSSR count). The summed E-state index contributed by atoms with van der Waals surface area (Å²) in [6, 6.07) is 0. The summed E-state index contributed by atoms with van der Waals surface area (Å²) in [5.74, 6) is 0. The van der Waals surface area contributed by atoms with Crippen LogP contribution < -0.4 is 5.43 Å². The number of hydrogen-bond acceptors (Lipinski definition) is 3. The maximum Gasteiger partial charge on any atom is 0.0929 e. The number of nitrogens with zero attached hydrogens (tertiary/aromatic N) is 1. The lowest BCUT2D eigenvalue weighted by Gasteiger charge is -2.16. The van der Waals surface area contributed by atoms with Crippen molar-refractivity contribution < 1.29 is 0 Å². The quantitative estimate of drug-likeness (QED) is 0.624. The molecule has 0 spiro atoms. The average molecular weight is 156 g/mol. The fourth-order valence-electron chi connectivity index (χ4n) is 0.815. The van der Waals surface area contributed by atoms with Crippen LogP contribution in [-0.4, -0.2) is 12.1 Å². The van der Waals surface area contributed by atoms with Gasteiger partial charge in [-0.05, 0) is 24.8 Å². The van der Waals surface area contributed by atoms with Crippen molar-refractivity contribution in [3.8, 4) is 0 Å². The Hall–Kier alpha value is -0.410. The maximum atomic E-state index is 3.06. The van der Waals surface area contributed by atoms with Crippen molar-refractivity contribution in [1.82, 2.24) is 10.4 Å². The zero-order chi connectivity index (χ0) is 7.56. The molecular formula is C7H12N2S. The van der Waals surface area contributed by atoms with Crippen LogP contribution in [0.15, 0.2) is 22.2 Å². The Balaban J connectivity index is 2.74. The zero-order valence-corrected chi connectivity index (χ0v) is 7.33. The molecule has 0 aromatic carbocycles. The summed E-state index contributed by atoms with van der Waals surface area (Å²) >= 11 is 1.75. The molecule has 1 heterocycles. The summed E-state index contributed by atoms with van der Waals surface area (Å²) in [6.45, 7) is 4.22. The summed E-state index contributed by atoms with van der Waals surface area (Å²) in [5, 5.41) is 5.36. The summed E-state index contributed by atoms with van der Waals surface area (Å²) in [6.07, 6.45) is 2.02. The van der Waals surface area contributed by atoms with Crippen molar-refractivity contribution in [2.24, 2.45) is 0 Å². The van der Waals surface area contributed by atoms with Gasteiger partial charge in [0.25, 0.3) is 0 Å². The van der Waals surface area contributed by atoms with Gasteiger partial charge in [0.1, 0.15) is 0 Å². The van der Waals surface area contributed by atoms with Crippen molar-refractivity contribution in [1.29, 1.82) is 0 Å². The third-order valence-electron chi connectivity index (χ3n) is 1.28. The van der Waals surface area contributed by atoms with Gasteiger partial charge in [0.2, 0.25) is 0 Å². The Morgan fingerprint density at radius 3 is 2.70 bits per heavy atom. The molecule has 0 atom stereocenters. The molecule has 1 N–H and O–H groups in total. The molecular weight excluding hydrogens is 144 g/mol. The fourth-order valence-corrected chi connectivity index (χ4v) is 1.63. The van der Waals surface area contributed by atoms with Crippen LogP contribution in [0.2, 0.25) is 0 Å². The molecule has 0 saturated carbocycles. The normalized spacial score (nSPS) is 16.7. The largest absolute Gasteiger partial charge is 0.277 e. The second-order valence-electron chi connectivity index (χ2n) is 2.30. The number of thioether (sulfide) groups is 1. The number of hydrazine groups is 1. The van der Waals surface area contributed by atoms with E-state index in [1.807, 2.05) is 18.3 Å². The van der Waals surface area contributed by atoms with Gasteiger partial charge in [0, 0.05) is 13.2 Å². The van der Waals surface area contributed by atoms with E-state index in [-0.39, 0.29) is 0 Å². The molecule has 0 aromatic rings. The lowest BCUT2D eigenvalue weighted by Crippen LogP contribution is -2.25. The molecule has 1 aliphatic heterocycles. The van der Waals surface area contributed by atoms with E-state index in [2.05, 4.69) is 24.7 Å². The summed E-state index contributed by atoms with van der Waals surface area (Å²) in [4.78, 5) is 0. The van der Waals surface area contributed by atoms with Crippen LogP contribution in [0.25, 0.3) is 0 Å². The zero-order valence-electron chi connectivity index (χ0n) is 6.51. The van der Waals surface area contributed by atoms with Crippen molar-refractivity contribution in [2.45, 2.75) is 13.8 Å². The highest BCUT2D eigenvalue weighted by Crippen LogP contribution is 2.29. The predicted molar refractivity (Wildman–Crippen MR) is 46.0 cm³/mol. The number of allylic oxidation sites excluding steroid dienone is 1. The highest BCUT2D eigenvalue weighted by atomic mass is 32.2. The molecule has 3 heteroatoms. The SMILES string of the molecule is CNN1C=CSC1=C(C)C. The number of hydrogen-bond donors (Lipinski definition) is 1. The third-order valence-corrected chi connectivity index (χ3v) is 2.36. The van der Waals surface area contributed by atoms with Crippen molar-refractivity contribution in [2.75, 3.05) is 7.05 Å². The first-order valence-electron chi connectivity index (χ1n) is 3.23. The Bertz CT molecular complexity index is 180. The molecule has 10 heavy (non-hydrogen) atoms. The molecule has 0 unspecified atom stereocenters. The van der Waals surface area contributed by atoms with Crippen LogP contribution in [-0.2, 0) is 0 Å². The fraction of sp³-hybridized carbons (Fsp3) is 0.429. The van der Waals surface area contributed by atoms with Crippen LogP contribution in [0.5, 0.6) is 0 Å². The molecule has 0 aliphatic carbocycles. The van der Waals surface area contributed by atoms with Crippen LogP contribution in [0, 0.1) is 0 Å². The Labute approximate surface area is 65.9 Å². The molecule has 0 saturated heterocycles. The standard InChI is InChI=1S/C7H12N2S/c1-6(2)7-9(8-3)4-5-10-7/h4-5,8H,1-3H3. The summed E-state index contributed by atoms with van der Waals surface area (Å²) < 4.78 is 0. The maximum absolute atomic E-state index is 3.06. The van der Waals surface area contributed by atoms with Gasteiger partial charge in [0.05, 0.1) is 5.03 Å². The minimum Gasteiger partial charge on any atom is -0.277 e. The van der Waals surface area contributed by atoms with Gasteiger partial charge in [-0.15, -0.1) is 0 Å². The van der Waals surface area contributed by atoms with E-state index in [4.69, 9.17) is 0 Å². The first-order valence-corrected chi connectivity index (χ1v) is 4.11. The third kappa shape index (κ3) is 1.36. The predicted octanol–water partition coefficient (Wildman–Crippen LogP) is 1.89. The van der Waals surface area contributed by atoms with E-state index in [9.17, 15) is 0 Å². The van der Waals surface area contributed by atoms with Gasteiger partial charge >= 0.3 is 0 Å². The first-order chi connectivity index (χ1) is 4.75. The van der Waals surface area contributed by atoms with E-state index in [0.29, 0.717) is 0 Å². The average Bonchev–Trinajstić information content (AvgIpc) is 2.33. The van der Waals surface area contributed by atoms with Gasteiger partial charge in [-0.25, -0.2) is 5.43 Å². The monoisotopic (exact) mass is 156 g/mol. The highest BCUT2D eigenvalue weighted by molar-refractivity contribution is 8.06. The highest BCUT2D eigenvalue weighted by Gasteiger charge is 2.10. The molecule has 2 nitrogen and oxygen atoms in total. The number of nitrogens with one attached hydrogen (secondary N) is 1. The van der Waals surface area contributed by atoms with Crippen LogP contribution in [0.4, 0.5) is 0 Å². The molecule has 0 fully saturated rings. The van der Waals surface area contributed by atoms with Crippen LogP contribution >= 0.6 is 11.8 Å². The molecule has 0 radical (unpaired) electrons. The van der Waals surface area contributed by atoms with Crippen LogP contribution in [0.3, 0.4) is 0 Å². The lowest BCUT2D eigenvalue weighted by molar-refractivity contribution is 0.401. The topological polar surface area (TPSA) is 15.3 Å². The molecule has 0 aromatic heterocycles. The Kier molecular flexibility index (Phi) is 2.40. The van der Waals surface area contributed by atoms with Crippen molar-refractivity contribution in [3.63, 3.8) is 0 Å². The second-order valence-corrected chi connectivity index (χ2v) is 3.20. The van der Waals surface area contributed by atoms with Crippen molar-refractivity contribution >= 4 is 11.8 Å². The minimum atomic E-state index is 1.28. The number of rotatable bonds is 1. The van der Waals surface area contributed by atoms with E-state index in [0.717, 1.165) is 0 Å². The van der Waals surface area contributed by atoms with Gasteiger partial charge in [-0.2, -0.15) is 0 Å². The van der Waals surface area contributed by atoms with E-state index >= 15 is 0 Å². The van der Waals surface area contributed by atoms with Gasteiger partial charge in [0.15, 0.2) is 0 Å². The molecule has 0 amide bonds. The Morgan fingerprint density at radius 2 is 2.30 bits per heavy atom. The second kappa shape index (κ2) is 3.12. The minimum absolute atomic E-state index is 1.28. The van der Waals surface area contributed by atoms with E-state index in [1.54, 1.807) is 11.8 Å². The van der Waals surface area contributed by atoms with E-state index < -0.39 is 0 Å².